The van der Waals surface area contributed by atoms with E-state index in [0.717, 1.165) is 56.1 Å². The number of carbonyl (C=O) groups excluding carboxylic acids is 1. The summed E-state index contributed by atoms with van der Waals surface area (Å²) in [5.74, 6) is 0.830. The van der Waals surface area contributed by atoms with Crippen LogP contribution in [0.25, 0.3) is 0 Å². The van der Waals surface area contributed by atoms with Gasteiger partial charge in [0, 0.05) is 17.8 Å². The Bertz CT molecular complexity index is 964. The molecular weight excluding hydrogens is 464 g/mol. The molecule has 5 nitrogen and oxygen atoms in total. The predicted octanol–water partition coefficient (Wildman–Crippen LogP) is 5.96. The highest BCUT2D eigenvalue weighted by Gasteiger charge is 2.68. The lowest BCUT2D eigenvalue weighted by Crippen LogP contribution is -2.59. The van der Waals surface area contributed by atoms with Crippen molar-refractivity contribution in [1.29, 1.82) is 0 Å². The molecule has 37 heavy (non-hydrogen) atoms. The van der Waals surface area contributed by atoms with Gasteiger partial charge in [-0.15, -0.1) is 0 Å². The molecule has 0 heterocycles. The van der Waals surface area contributed by atoms with Crippen molar-refractivity contribution >= 4 is 5.97 Å². The van der Waals surface area contributed by atoms with E-state index in [1.54, 1.807) is 0 Å². The summed E-state index contributed by atoms with van der Waals surface area (Å²) in [6.45, 7) is 17.3. The first kappa shape index (κ1) is 28.8. The normalized spacial score (nSPS) is 44.1. The van der Waals surface area contributed by atoms with E-state index >= 15 is 0 Å². The van der Waals surface area contributed by atoms with Gasteiger partial charge in [-0.25, -0.2) is 0 Å². The van der Waals surface area contributed by atoms with Crippen LogP contribution in [0.1, 0.15) is 107 Å². The quantitative estimate of drug-likeness (QED) is 0.299. The Labute approximate surface area is 224 Å². The van der Waals surface area contributed by atoms with Crippen LogP contribution >= 0.6 is 0 Å². The Hall–Kier alpha value is -1.17. The standard InChI is InChI=1S/C32H52O5/c1-19(18-33)10-9-11-20(2)23-16-26(36)32(8)28-22(12-15-31(23,32)7)30(6)14-13-27(37-21(3)34)29(4,5)25(30)17-24(28)35/h10,20,23-27,33,35-36H,9,11-18H2,1-8H3/b19-10+/t20-,23-,24-,25+,26+,27+,30-,31-,32+/m1/s1. The Kier molecular flexibility index (Phi) is 7.62. The summed E-state index contributed by atoms with van der Waals surface area (Å²) in [4.78, 5) is 11.8. The second kappa shape index (κ2) is 9.78. The third kappa shape index (κ3) is 4.26. The monoisotopic (exact) mass is 516 g/mol. The molecule has 5 heteroatoms. The number of rotatable bonds is 6. The number of allylic oxidation sites excluding steroid dienone is 2. The second-order valence-corrected chi connectivity index (χ2v) is 14.3. The van der Waals surface area contributed by atoms with E-state index in [4.69, 9.17) is 4.74 Å². The number of hydrogen-bond acceptors (Lipinski definition) is 5. The maximum absolute atomic E-state index is 11.8. The third-order valence-electron chi connectivity index (χ3n) is 12.2. The van der Waals surface area contributed by atoms with Gasteiger partial charge >= 0.3 is 5.97 Å². The molecule has 0 aromatic rings. The molecule has 210 valence electrons. The van der Waals surface area contributed by atoms with Gasteiger partial charge in [0.2, 0.25) is 0 Å². The molecule has 0 aromatic carbocycles. The topological polar surface area (TPSA) is 87.0 Å². The Morgan fingerprint density at radius 3 is 2.41 bits per heavy atom. The van der Waals surface area contributed by atoms with Crippen LogP contribution in [-0.2, 0) is 9.53 Å². The van der Waals surface area contributed by atoms with Gasteiger partial charge in [-0.2, -0.15) is 0 Å². The van der Waals surface area contributed by atoms with Gasteiger partial charge in [0.15, 0.2) is 0 Å². The van der Waals surface area contributed by atoms with E-state index in [-0.39, 0.29) is 40.8 Å². The SMILES string of the molecule is CC(=O)O[C@H]1CC[C@]2(C)C3=C([C@H](O)C[C@H]2C1(C)C)[C@]1(C)[C@@H](O)C[C@H]([C@H](C)CC/C=C(\C)CO)[C@@]1(C)CC3. The molecule has 0 aromatic heterocycles. The Balaban J connectivity index is 1.69. The molecule has 2 fully saturated rings. The van der Waals surface area contributed by atoms with Crippen molar-refractivity contribution in [3.05, 3.63) is 22.8 Å². The number of fused-ring (bicyclic) bond motifs is 4. The smallest absolute Gasteiger partial charge is 0.302 e. The minimum Gasteiger partial charge on any atom is -0.462 e. The van der Waals surface area contributed by atoms with E-state index < -0.39 is 17.6 Å². The van der Waals surface area contributed by atoms with Gasteiger partial charge < -0.3 is 20.1 Å². The summed E-state index contributed by atoms with van der Waals surface area (Å²) >= 11 is 0. The summed E-state index contributed by atoms with van der Waals surface area (Å²) in [7, 11) is 0. The fraction of sp³-hybridized carbons (Fsp3) is 0.844. The van der Waals surface area contributed by atoms with Crippen molar-refractivity contribution in [3.63, 3.8) is 0 Å². The zero-order valence-corrected chi connectivity index (χ0v) is 24.6. The largest absolute Gasteiger partial charge is 0.462 e. The first-order chi connectivity index (χ1) is 17.1. The number of aliphatic hydroxyl groups is 3. The van der Waals surface area contributed by atoms with Crippen LogP contribution in [0.15, 0.2) is 22.8 Å². The van der Waals surface area contributed by atoms with Crippen LogP contribution in [0, 0.1) is 39.4 Å². The lowest BCUT2D eigenvalue weighted by Gasteiger charge is -2.63. The fourth-order valence-corrected chi connectivity index (χ4v) is 9.83. The molecule has 2 saturated carbocycles. The van der Waals surface area contributed by atoms with Crippen molar-refractivity contribution in [2.24, 2.45) is 39.4 Å². The molecule has 0 unspecified atom stereocenters. The predicted molar refractivity (Wildman–Crippen MR) is 147 cm³/mol. The van der Waals surface area contributed by atoms with Gasteiger partial charge in [0.05, 0.1) is 18.8 Å². The first-order valence-corrected chi connectivity index (χ1v) is 14.7. The van der Waals surface area contributed by atoms with Gasteiger partial charge in [-0.1, -0.05) is 58.8 Å². The van der Waals surface area contributed by atoms with E-state index in [2.05, 4.69) is 47.6 Å². The lowest BCUT2D eigenvalue weighted by molar-refractivity contribution is -0.170. The highest BCUT2D eigenvalue weighted by molar-refractivity contribution is 5.66. The summed E-state index contributed by atoms with van der Waals surface area (Å²) in [6, 6.07) is 0. The number of ether oxygens (including phenoxy) is 1. The molecule has 9 atom stereocenters. The van der Waals surface area contributed by atoms with Crippen LogP contribution in [-0.4, -0.2) is 46.2 Å². The highest BCUT2D eigenvalue weighted by Crippen LogP contribution is 2.72. The number of esters is 1. The molecule has 0 amide bonds. The van der Waals surface area contributed by atoms with E-state index in [9.17, 15) is 20.1 Å². The van der Waals surface area contributed by atoms with Gasteiger partial charge in [-0.05, 0) is 92.4 Å². The molecule has 4 aliphatic carbocycles. The van der Waals surface area contributed by atoms with Crippen LogP contribution in [0.4, 0.5) is 0 Å². The van der Waals surface area contributed by atoms with Crippen LogP contribution in [0.5, 0.6) is 0 Å². The molecule has 4 aliphatic rings. The highest BCUT2D eigenvalue weighted by atomic mass is 16.5. The first-order valence-electron chi connectivity index (χ1n) is 14.7. The molecule has 0 saturated heterocycles. The minimum atomic E-state index is -0.577. The van der Waals surface area contributed by atoms with Crippen molar-refractivity contribution in [2.75, 3.05) is 6.61 Å². The van der Waals surface area contributed by atoms with Crippen molar-refractivity contribution in [3.8, 4) is 0 Å². The molecule has 0 bridgehead atoms. The summed E-state index contributed by atoms with van der Waals surface area (Å²) in [5.41, 5.74) is 2.73. The number of aliphatic hydroxyl groups excluding tert-OH is 3. The van der Waals surface area contributed by atoms with Crippen molar-refractivity contribution in [1.82, 2.24) is 0 Å². The van der Waals surface area contributed by atoms with Crippen LogP contribution < -0.4 is 0 Å². The number of carbonyl (C=O) groups is 1. The van der Waals surface area contributed by atoms with Gasteiger partial charge in [0.25, 0.3) is 0 Å². The molecule has 4 rings (SSSR count). The molecule has 0 aliphatic heterocycles. The number of hydrogen-bond donors (Lipinski definition) is 3. The molecule has 3 N–H and O–H groups in total. The molecule has 0 spiro atoms. The summed E-state index contributed by atoms with van der Waals surface area (Å²) < 4.78 is 5.79. The van der Waals surface area contributed by atoms with Crippen LogP contribution in [0.3, 0.4) is 0 Å². The average molecular weight is 517 g/mol. The van der Waals surface area contributed by atoms with Crippen molar-refractivity contribution in [2.45, 2.75) is 125 Å². The van der Waals surface area contributed by atoms with Gasteiger partial charge in [0.1, 0.15) is 6.10 Å². The minimum absolute atomic E-state index is 0.0604. The third-order valence-corrected chi connectivity index (χ3v) is 12.2. The van der Waals surface area contributed by atoms with E-state index in [0.29, 0.717) is 18.3 Å². The zero-order chi connectivity index (χ0) is 27.6. The lowest BCUT2D eigenvalue weighted by atomic mass is 9.42. The Morgan fingerprint density at radius 2 is 1.78 bits per heavy atom. The maximum Gasteiger partial charge on any atom is 0.302 e. The molecular formula is C32H52O5. The van der Waals surface area contributed by atoms with Crippen LogP contribution in [0.2, 0.25) is 0 Å². The Morgan fingerprint density at radius 1 is 1.11 bits per heavy atom. The van der Waals surface area contributed by atoms with Crippen molar-refractivity contribution < 1.29 is 24.9 Å². The summed E-state index contributed by atoms with van der Waals surface area (Å²) in [6.07, 6.45) is 8.18. The second-order valence-electron chi connectivity index (χ2n) is 14.3. The fourth-order valence-electron chi connectivity index (χ4n) is 9.83. The average Bonchev–Trinajstić information content (AvgIpc) is 3.03. The van der Waals surface area contributed by atoms with Gasteiger partial charge in [-0.3, -0.25) is 4.79 Å². The van der Waals surface area contributed by atoms with E-state index in [1.807, 2.05) is 6.92 Å². The maximum atomic E-state index is 11.8. The zero-order valence-electron chi connectivity index (χ0n) is 24.6. The van der Waals surface area contributed by atoms with E-state index in [1.165, 1.54) is 12.5 Å². The summed E-state index contributed by atoms with van der Waals surface area (Å²) in [5, 5.41) is 32.9. The molecule has 0 radical (unpaired) electrons.